The lowest BCUT2D eigenvalue weighted by atomic mass is 10.2. The number of rotatable bonds is 5. The Balaban J connectivity index is 2.48. The number of nitrogens with zero attached hydrogens (tertiary/aromatic N) is 3. The Kier molecular flexibility index (Phi) is 4.52. The van der Waals surface area contributed by atoms with Crippen molar-refractivity contribution in [1.82, 2.24) is 4.57 Å². The average molecular weight is 333 g/mol. The van der Waals surface area contributed by atoms with Gasteiger partial charge in [0.05, 0.1) is 16.5 Å². The number of nitriles is 1. The van der Waals surface area contributed by atoms with Crippen LogP contribution in [0.2, 0.25) is 0 Å². The van der Waals surface area contributed by atoms with Crippen LogP contribution < -0.4 is 5.43 Å². The van der Waals surface area contributed by atoms with E-state index in [4.69, 9.17) is 15.2 Å². The Morgan fingerprint density at radius 1 is 1.61 bits per heavy atom. The number of aromatic carboxylic acids is 1. The Labute approximate surface area is 136 Å². The molecule has 0 aliphatic carbocycles. The molecule has 2 rings (SSSR count). The van der Waals surface area contributed by atoms with Gasteiger partial charge in [0.1, 0.15) is 16.5 Å². The van der Waals surface area contributed by atoms with Crippen molar-refractivity contribution in [3.8, 4) is 6.07 Å². The van der Waals surface area contributed by atoms with Crippen molar-refractivity contribution in [3.63, 3.8) is 0 Å². The third-order valence-electron chi connectivity index (χ3n) is 3.07. The van der Waals surface area contributed by atoms with Crippen LogP contribution in [0.15, 0.2) is 22.2 Å². The van der Waals surface area contributed by atoms with Gasteiger partial charge in [-0.05, 0) is 26.8 Å². The second-order valence-electron chi connectivity index (χ2n) is 5.28. The molecule has 8 heteroatoms. The summed E-state index contributed by atoms with van der Waals surface area (Å²) in [5.41, 5.74) is -1.83. The van der Waals surface area contributed by atoms with Crippen molar-refractivity contribution in [2.24, 2.45) is 5.16 Å². The Morgan fingerprint density at radius 2 is 2.30 bits per heavy atom. The zero-order chi connectivity index (χ0) is 17.2. The van der Waals surface area contributed by atoms with E-state index in [0.29, 0.717) is 21.6 Å². The number of carboxylic acids is 1. The number of hydrogen-bond donors (Lipinski definition) is 1. The molecule has 23 heavy (non-hydrogen) atoms. The normalized spacial score (nSPS) is 11.7. The van der Waals surface area contributed by atoms with Gasteiger partial charge in [0, 0.05) is 12.7 Å². The summed E-state index contributed by atoms with van der Waals surface area (Å²) in [5, 5.41) is 22.1. The summed E-state index contributed by atoms with van der Waals surface area (Å²) in [7, 11) is 0. The molecule has 0 atom stereocenters. The average Bonchev–Trinajstić information content (AvgIpc) is 2.92. The Hall–Kier alpha value is -2.66. The minimum Gasteiger partial charge on any atom is -0.477 e. The number of carbonyl (C=O) groups is 1. The Bertz CT molecular complexity index is 886. The summed E-state index contributed by atoms with van der Waals surface area (Å²) < 4.78 is 1.71. The van der Waals surface area contributed by atoms with Gasteiger partial charge in [0.2, 0.25) is 11.0 Å². The molecule has 1 N–H and O–H groups in total. The third-order valence-corrected chi connectivity index (χ3v) is 4.17. The van der Waals surface area contributed by atoms with Gasteiger partial charge in [-0.25, -0.2) is 4.79 Å². The summed E-state index contributed by atoms with van der Waals surface area (Å²) in [6.45, 7) is 5.55. The van der Waals surface area contributed by atoms with Crippen LogP contribution in [0.25, 0.3) is 10.2 Å². The predicted molar refractivity (Wildman–Crippen MR) is 87.1 cm³/mol. The number of fused-ring (bicyclic) bond motifs is 1. The van der Waals surface area contributed by atoms with E-state index in [0.717, 1.165) is 0 Å². The zero-order valence-corrected chi connectivity index (χ0v) is 13.7. The van der Waals surface area contributed by atoms with Crippen molar-refractivity contribution in [2.75, 3.05) is 0 Å². The van der Waals surface area contributed by atoms with Gasteiger partial charge in [-0.2, -0.15) is 5.26 Å². The quantitative estimate of drug-likeness (QED) is 0.668. The van der Waals surface area contributed by atoms with Crippen LogP contribution in [0.1, 0.15) is 36.0 Å². The van der Waals surface area contributed by atoms with Crippen LogP contribution in [-0.2, 0) is 11.4 Å². The maximum atomic E-state index is 12.2. The molecule has 0 fully saturated rings. The van der Waals surface area contributed by atoms with Gasteiger partial charge in [0.25, 0.3) is 0 Å². The molecule has 2 aromatic heterocycles. The minimum atomic E-state index is -1.25. The summed E-state index contributed by atoms with van der Waals surface area (Å²) in [6, 6.07) is 3.53. The molecular formula is C15H15N3O4S. The second-order valence-corrected chi connectivity index (χ2v) is 6.34. The van der Waals surface area contributed by atoms with Gasteiger partial charge in [-0.15, -0.1) is 11.3 Å². The van der Waals surface area contributed by atoms with Gasteiger partial charge in [-0.1, -0.05) is 5.16 Å². The fraction of sp³-hybridized carbons (Fsp3) is 0.333. The number of oxime groups is 1. The van der Waals surface area contributed by atoms with Crippen LogP contribution in [0.3, 0.4) is 0 Å². The minimum absolute atomic E-state index is 0.262. The lowest BCUT2D eigenvalue weighted by molar-refractivity contribution is 0.0314. The van der Waals surface area contributed by atoms with E-state index in [1.807, 2.05) is 13.0 Å². The lowest BCUT2D eigenvalue weighted by Crippen LogP contribution is -2.18. The summed E-state index contributed by atoms with van der Waals surface area (Å²) >= 11 is 1.30. The summed E-state index contributed by atoms with van der Waals surface area (Å²) in [5.74, 6) is -1.25. The predicted octanol–water partition coefficient (Wildman–Crippen LogP) is 2.43. The SMILES string of the molecule is CCn1cc(C(=O)O)c(=O)c2cc(C=NOC(C)(C)C#N)sc21. The van der Waals surface area contributed by atoms with E-state index >= 15 is 0 Å². The van der Waals surface area contributed by atoms with Gasteiger partial charge >= 0.3 is 5.97 Å². The first kappa shape index (κ1) is 16.7. The number of aryl methyl sites for hydroxylation is 1. The van der Waals surface area contributed by atoms with Crippen LogP contribution in [-0.4, -0.2) is 27.5 Å². The second kappa shape index (κ2) is 6.22. The standard InChI is InChI=1S/C15H15N3O4S/c1-4-18-7-11(14(20)21)12(19)10-5-9(23-13(10)18)6-17-22-15(2,3)8-16/h5-7H,4H2,1-3H3,(H,20,21). The highest BCUT2D eigenvalue weighted by molar-refractivity contribution is 7.20. The first-order chi connectivity index (χ1) is 10.8. The van der Waals surface area contributed by atoms with Crippen molar-refractivity contribution in [1.29, 1.82) is 5.26 Å². The van der Waals surface area contributed by atoms with Crippen LogP contribution in [0.5, 0.6) is 0 Å². The highest BCUT2D eigenvalue weighted by Gasteiger charge is 2.18. The van der Waals surface area contributed by atoms with Crippen molar-refractivity contribution < 1.29 is 14.7 Å². The molecule has 0 amide bonds. The molecule has 2 heterocycles. The maximum Gasteiger partial charge on any atom is 0.341 e. The number of carboxylic acid groups (broad SMARTS) is 1. The monoisotopic (exact) mass is 333 g/mol. The fourth-order valence-electron chi connectivity index (χ4n) is 1.88. The molecule has 7 nitrogen and oxygen atoms in total. The zero-order valence-electron chi connectivity index (χ0n) is 12.9. The molecule has 0 aliphatic rings. The molecular weight excluding hydrogens is 318 g/mol. The van der Waals surface area contributed by atoms with E-state index in [2.05, 4.69) is 5.16 Å². The van der Waals surface area contributed by atoms with Crippen molar-refractivity contribution >= 4 is 33.7 Å². The highest BCUT2D eigenvalue weighted by atomic mass is 32.1. The van der Waals surface area contributed by atoms with Crippen LogP contribution >= 0.6 is 11.3 Å². The molecule has 0 spiro atoms. The van der Waals surface area contributed by atoms with E-state index in [1.54, 1.807) is 24.5 Å². The van der Waals surface area contributed by atoms with Crippen molar-refractivity contribution in [3.05, 3.63) is 32.9 Å². The first-order valence-electron chi connectivity index (χ1n) is 6.82. The highest BCUT2D eigenvalue weighted by Crippen LogP contribution is 2.23. The molecule has 0 radical (unpaired) electrons. The van der Waals surface area contributed by atoms with Crippen molar-refractivity contribution in [2.45, 2.75) is 32.9 Å². The van der Waals surface area contributed by atoms with E-state index in [1.165, 1.54) is 23.7 Å². The summed E-state index contributed by atoms with van der Waals surface area (Å²) in [6.07, 6.45) is 2.75. The molecule has 2 aromatic rings. The van der Waals surface area contributed by atoms with Crippen LogP contribution in [0.4, 0.5) is 0 Å². The molecule has 0 bridgehead atoms. The summed E-state index contributed by atoms with van der Waals surface area (Å²) in [4.78, 5) is 29.8. The fourth-order valence-corrected chi connectivity index (χ4v) is 2.93. The maximum absolute atomic E-state index is 12.2. The number of hydrogen-bond acceptors (Lipinski definition) is 6. The van der Waals surface area contributed by atoms with Gasteiger partial charge < -0.3 is 14.5 Å². The largest absolute Gasteiger partial charge is 0.477 e. The van der Waals surface area contributed by atoms with Gasteiger partial charge in [-0.3, -0.25) is 4.79 Å². The lowest BCUT2D eigenvalue weighted by Gasteiger charge is -2.11. The smallest absolute Gasteiger partial charge is 0.341 e. The third kappa shape index (κ3) is 3.40. The number of thiophene rings is 1. The number of pyridine rings is 1. The van der Waals surface area contributed by atoms with E-state index < -0.39 is 17.0 Å². The molecule has 0 aromatic carbocycles. The Morgan fingerprint density at radius 3 is 2.87 bits per heavy atom. The molecule has 0 aliphatic heterocycles. The van der Waals surface area contributed by atoms with Crippen LogP contribution in [0, 0.1) is 11.3 Å². The molecule has 0 saturated carbocycles. The molecule has 0 unspecified atom stereocenters. The van der Waals surface area contributed by atoms with E-state index in [9.17, 15) is 9.59 Å². The van der Waals surface area contributed by atoms with Gasteiger partial charge in [0.15, 0.2) is 0 Å². The number of aromatic nitrogens is 1. The van der Waals surface area contributed by atoms with E-state index in [-0.39, 0.29) is 5.56 Å². The first-order valence-corrected chi connectivity index (χ1v) is 7.63. The topological polar surface area (TPSA) is 105 Å². The molecule has 0 saturated heterocycles. The molecule has 120 valence electrons.